The minimum absolute atomic E-state index is 0.0482. The number of nitrogen functional groups attached to an aromatic ring is 2. The topological polar surface area (TPSA) is 241 Å². The molecule has 0 spiro atoms. The Balaban J connectivity index is 0.000000184. The van der Waals surface area contributed by atoms with Gasteiger partial charge in [-0.1, -0.05) is 105 Å². The van der Waals surface area contributed by atoms with Gasteiger partial charge >= 0.3 is 13.1 Å². The maximum Gasteiger partial charge on any atom is 0.496 e. The molecule has 6 N–H and O–H groups in total. The van der Waals surface area contributed by atoms with Crippen molar-refractivity contribution in [2.45, 2.75) is 82.8 Å². The molecule has 6 aromatic rings. The molecule has 0 aliphatic carbocycles. The number of carboxylic acid groups (broad SMARTS) is 1. The number of aromatic nitrogens is 3. The largest absolute Gasteiger partial charge is 0.496 e. The first-order valence-electron chi connectivity index (χ1n) is 23.7. The van der Waals surface area contributed by atoms with Gasteiger partial charge in [0, 0.05) is 84.2 Å². The zero-order valence-corrected chi connectivity index (χ0v) is 46.7. The molecule has 3 aliphatic heterocycles. The first-order valence-corrected chi connectivity index (χ1v) is 26.0. The molecule has 9 rings (SSSR count). The first kappa shape index (κ1) is 60.1. The Labute approximate surface area is 466 Å². The summed E-state index contributed by atoms with van der Waals surface area (Å²) in [5, 5.41) is 24.1. The highest BCUT2D eigenvalue weighted by Crippen LogP contribution is 2.36. The number of halogens is 4. The van der Waals surface area contributed by atoms with Crippen molar-refractivity contribution in [1.29, 1.82) is 0 Å². The highest BCUT2D eigenvalue weighted by atomic mass is 79.9. The molecule has 1 saturated heterocycles. The van der Waals surface area contributed by atoms with E-state index in [1.54, 1.807) is 36.8 Å². The van der Waals surface area contributed by atoms with E-state index in [2.05, 4.69) is 46.4 Å². The number of nitrogens with one attached hydrogen (secondary N) is 1. The number of anilines is 3. The first-order chi connectivity index (χ1) is 36.0. The molecule has 0 radical (unpaired) electrons. The summed E-state index contributed by atoms with van der Waals surface area (Å²) in [4.78, 5) is 57.1. The standard InChI is InChI=1S/C18H17ClN4O2.C12H11ClN2.C11H17BN2O2.C7H6BrCl.C6H8N2O3/c1-23-17(24)8-6-15(22-23)18(25)21-16-7-5-13(11-20-16)9-12-3-2-4-14(19)10-12;13-11-3-1-2-9(7-11)6-10-4-5-12(14)15-8-10;1-10(2)11(3,4)16-12(15-10)8-5-6-9(13)14-7-8;8-5-6-2-1-3-7(9)4-6;1-8-5(9)3-2-4(7-8)6(10)11/h2-5,7,10-11H,6,8-9H2,1H3,(H,20,21,25);1-5,7-8H,6H2,(H2,14,15);5-7H,1-4H3,(H2,13,14);1-4H,5H2;2-3H2,1H3,(H,10,11). The van der Waals surface area contributed by atoms with E-state index in [9.17, 15) is 19.2 Å². The van der Waals surface area contributed by atoms with Crippen LogP contribution in [0.15, 0.2) is 138 Å². The summed E-state index contributed by atoms with van der Waals surface area (Å²) in [6, 6.07) is 34.3. The molecule has 0 unspecified atom stereocenters. The van der Waals surface area contributed by atoms with Crippen molar-refractivity contribution >= 4 is 116 Å². The van der Waals surface area contributed by atoms with Crippen molar-refractivity contribution in [2.75, 3.05) is 30.9 Å². The van der Waals surface area contributed by atoms with Crippen molar-refractivity contribution < 1.29 is 33.6 Å². The van der Waals surface area contributed by atoms with Crippen LogP contribution in [0.25, 0.3) is 0 Å². The van der Waals surface area contributed by atoms with Gasteiger partial charge in [-0.05, 0) is 123 Å². The third kappa shape index (κ3) is 19.1. The third-order valence-corrected chi connectivity index (χ3v) is 13.2. The number of carboxylic acids is 1. The third-order valence-electron chi connectivity index (χ3n) is 11.8. The number of hydrazone groups is 2. The Morgan fingerprint density at radius 3 is 1.49 bits per heavy atom. The van der Waals surface area contributed by atoms with Gasteiger partial charge in [-0.3, -0.25) is 14.4 Å². The number of amides is 3. The number of hydrogen-bond acceptors (Lipinski definition) is 13. The van der Waals surface area contributed by atoms with Crippen molar-refractivity contribution in [3.05, 3.63) is 171 Å². The molecule has 3 amide bonds. The van der Waals surface area contributed by atoms with Gasteiger partial charge in [0.25, 0.3) is 5.91 Å². The molecule has 3 aromatic carbocycles. The number of nitrogens with two attached hydrogens (primary N) is 2. The Kier molecular flexibility index (Phi) is 22.5. The fourth-order valence-corrected chi connectivity index (χ4v) is 7.90. The van der Waals surface area contributed by atoms with Crippen LogP contribution >= 0.6 is 50.7 Å². The summed E-state index contributed by atoms with van der Waals surface area (Å²) < 4.78 is 11.8. The minimum Gasteiger partial charge on any atom is -0.477 e. The van der Waals surface area contributed by atoms with E-state index >= 15 is 0 Å². The second-order valence-corrected chi connectivity index (χ2v) is 20.2. The molecule has 22 heteroatoms. The predicted octanol–water partition coefficient (Wildman–Crippen LogP) is 9.66. The van der Waals surface area contributed by atoms with Gasteiger partial charge in [0.2, 0.25) is 11.8 Å². The average molecular weight is 1160 g/mol. The summed E-state index contributed by atoms with van der Waals surface area (Å²) in [5.41, 5.74) is 17.3. The molecule has 3 aromatic heterocycles. The number of alkyl halides is 1. The lowest BCUT2D eigenvalue weighted by molar-refractivity contribution is -0.132. The van der Waals surface area contributed by atoms with Crippen LogP contribution in [0.2, 0.25) is 15.1 Å². The number of nitrogens with zero attached hydrogens (tertiary/aromatic N) is 7. The van der Waals surface area contributed by atoms with Gasteiger partial charge in [-0.25, -0.2) is 29.8 Å². The fraction of sp³-hybridized carbons (Fsp3) is 0.278. The summed E-state index contributed by atoms with van der Waals surface area (Å²) in [5.74, 6) is -0.138. The smallest absolute Gasteiger partial charge is 0.477 e. The summed E-state index contributed by atoms with van der Waals surface area (Å²) in [6.45, 7) is 8.10. The lowest BCUT2D eigenvalue weighted by atomic mass is 9.80. The molecule has 3 aliphatic rings. The summed E-state index contributed by atoms with van der Waals surface area (Å²) in [6.07, 6.45) is 7.83. The van der Waals surface area contributed by atoms with E-state index < -0.39 is 5.97 Å². The SMILES string of the molecule is CC1(C)OB(c2ccc(N)nc2)OC1(C)C.CN1N=C(C(=O)Nc2ccc(Cc3cccc(Cl)c3)cn2)CCC1=O.CN1N=C(C(=O)O)CCC1=O.Clc1cccc(CBr)c1.Nc1ccc(Cc2cccc(Cl)c2)cn1. The Bertz CT molecular complexity index is 2990. The molecular formula is C54H59BBrCl3N10O7. The van der Waals surface area contributed by atoms with E-state index in [1.165, 1.54) is 30.2 Å². The summed E-state index contributed by atoms with van der Waals surface area (Å²) >= 11 is 20.9. The van der Waals surface area contributed by atoms with Crippen LogP contribution in [0.4, 0.5) is 17.5 Å². The zero-order valence-electron chi connectivity index (χ0n) is 42.8. The van der Waals surface area contributed by atoms with Crippen molar-refractivity contribution in [3.8, 4) is 0 Å². The molecule has 398 valence electrons. The van der Waals surface area contributed by atoms with Gasteiger partial charge in [0.1, 0.15) is 28.9 Å². The Morgan fingerprint density at radius 2 is 1.08 bits per heavy atom. The van der Waals surface area contributed by atoms with Crippen molar-refractivity contribution in [2.24, 2.45) is 10.2 Å². The maximum atomic E-state index is 12.2. The van der Waals surface area contributed by atoms with Crippen LogP contribution in [0, 0.1) is 0 Å². The lowest BCUT2D eigenvalue weighted by Crippen LogP contribution is -2.41. The minimum atomic E-state index is -1.05. The van der Waals surface area contributed by atoms with Crippen molar-refractivity contribution in [1.82, 2.24) is 25.0 Å². The van der Waals surface area contributed by atoms with E-state index in [0.717, 1.165) is 49.0 Å². The van der Waals surface area contributed by atoms with E-state index in [-0.39, 0.29) is 61.0 Å². The molecule has 1 fully saturated rings. The molecule has 0 bridgehead atoms. The quantitative estimate of drug-likeness (QED) is 0.0782. The molecule has 0 atom stereocenters. The Morgan fingerprint density at radius 1 is 0.632 bits per heavy atom. The number of carbonyl (C=O) groups is 4. The van der Waals surface area contributed by atoms with Crippen LogP contribution in [0.3, 0.4) is 0 Å². The molecular weight excluding hydrogens is 1100 g/mol. The number of aliphatic carboxylic acids is 1. The number of benzene rings is 3. The van der Waals surface area contributed by atoms with E-state index in [4.69, 9.17) is 60.7 Å². The van der Waals surface area contributed by atoms with Crippen LogP contribution in [0.5, 0.6) is 0 Å². The highest BCUT2D eigenvalue weighted by Gasteiger charge is 2.51. The van der Waals surface area contributed by atoms with Crippen LogP contribution in [0.1, 0.15) is 81.2 Å². The second-order valence-electron chi connectivity index (χ2n) is 18.3. The average Bonchev–Trinajstić information content (AvgIpc) is 3.60. The number of hydrogen-bond donors (Lipinski definition) is 4. The van der Waals surface area contributed by atoms with Crippen LogP contribution in [-0.2, 0) is 46.7 Å². The predicted molar refractivity (Wildman–Crippen MR) is 305 cm³/mol. The monoisotopic (exact) mass is 1150 g/mol. The Hall–Kier alpha value is -6.74. The lowest BCUT2D eigenvalue weighted by Gasteiger charge is -2.32. The van der Waals surface area contributed by atoms with Gasteiger partial charge in [-0.2, -0.15) is 10.2 Å². The second kappa shape index (κ2) is 28.4. The van der Waals surface area contributed by atoms with Crippen molar-refractivity contribution in [3.63, 3.8) is 0 Å². The fourth-order valence-electron chi connectivity index (χ4n) is 6.91. The van der Waals surface area contributed by atoms with Gasteiger partial charge in [-0.15, -0.1) is 0 Å². The zero-order chi connectivity index (χ0) is 55.6. The molecule has 76 heavy (non-hydrogen) atoms. The normalized spacial score (nSPS) is 15.2. The molecule has 6 heterocycles. The van der Waals surface area contributed by atoms with Gasteiger partial charge < -0.3 is 31.2 Å². The van der Waals surface area contributed by atoms with Gasteiger partial charge in [0.05, 0.1) is 11.2 Å². The number of carbonyl (C=O) groups excluding carboxylic acids is 3. The number of pyridine rings is 3. The molecule has 0 saturated carbocycles. The molecule has 17 nitrogen and oxygen atoms in total. The van der Waals surface area contributed by atoms with Crippen LogP contribution in [-0.4, -0.2) is 97.6 Å². The maximum absolute atomic E-state index is 12.2. The number of rotatable bonds is 9. The van der Waals surface area contributed by atoms with E-state index in [1.807, 2.05) is 119 Å². The van der Waals surface area contributed by atoms with Gasteiger partial charge in [0.15, 0.2) is 0 Å². The van der Waals surface area contributed by atoms with Crippen LogP contribution < -0.4 is 22.2 Å². The summed E-state index contributed by atoms with van der Waals surface area (Å²) in [7, 11) is 2.63. The van der Waals surface area contributed by atoms with E-state index in [0.29, 0.717) is 41.0 Å². The highest BCUT2D eigenvalue weighted by molar-refractivity contribution is 9.08.